The van der Waals surface area contributed by atoms with Crippen molar-refractivity contribution in [2.75, 3.05) is 5.32 Å². The van der Waals surface area contributed by atoms with Gasteiger partial charge in [-0.1, -0.05) is 11.8 Å². The van der Waals surface area contributed by atoms with Crippen LogP contribution in [0.5, 0.6) is 0 Å². The van der Waals surface area contributed by atoms with Gasteiger partial charge in [-0.15, -0.1) is 11.3 Å². The second-order valence-electron chi connectivity index (χ2n) is 6.69. The molecule has 0 fully saturated rings. The van der Waals surface area contributed by atoms with Gasteiger partial charge in [0.15, 0.2) is 4.34 Å². The van der Waals surface area contributed by atoms with E-state index in [-0.39, 0.29) is 12.5 Å². The van der Waals surface area contributed by atoms with Crippen molar-refractivity contribution < 1.29 is 14.7 Å². The summed E-state index contributed by atoms with van der Waals surface area (Å²) in [6.07, 6.45) is 0.367. The van der Waals surface area contributed by atoms with Crippen LogP contribution in [0, 0.1) is 13.8 Å². The lowest BCUT2D eigenvalue weighted by Crippen LogP contribution is -2.45. The molecule has 1 aromatic carbocycles. The maximum Gasteiger partial charge on any atom is 0.319 e. The predicted molar refractivity (Wildman–Crippen MR) is 105 cm³/mol. The van der Waals surface area contributed by atoms with Crippen LogP contribution >= 0.6 is 23.1 Å². The summed E-state index contributed by atoms with van der Waals surface area (Å²) in [4.78, 5) is 28.4. The van der Waals surface area contributed by atoms with E-state index in [4.69, 9.17) is 5.11 Å². The standard InChI is InChI=1S/C18H23N3O3S2/c1-11-9-13(26-17-19-12(2)10-25-17)5-6-14(11)20-16(24)21-18(3,4)8-7-15(22)23/h5-6,9-10H,7-8H2,1-4H3,(H,22,23)(H2,20,21,24). The molecule has 140 valence electrons. The highest BCUT2D eigenvalue weighted by Crippen LogP contribution is 2.32. The highest BCUT2D eigenvalue weighted by atomic mass is 32.2. The third kappa shape index (κ3) is 6.34. The molecule has 3 N–H and O–H groups in total. The number of nitrogens with zero attached hydrogens (tertiary/aromatic N) is 1. The molecule has 2 rings (SSSR count). The van der Waals surface area contributed by atoms with Crippen LogP contribution in [-0.2, 0) is 4.79 Å². The summed E-state index contributed by atoms with van der Waals surface area (Å²) in [7, 11) is 0. The van der Waals surface area contributed by atoms with Crippen LogP contribution in [0.25, 0.3) is 0 Å². The summed E-state index contributed by atoms with van der Waals surface area (Å²) in [5.74, 6) is -0.875. The zero-order valence-electron chi connectivity index (χ0n) is 15.3. The second kappa shape index (κ2) is 8.55. The minimum absolute atomic E-state index is 0.00839. The molecular formula is C18H23N3O3S2. The van der Waals surface area contributed by atoms with Crippen LogP contribution in [0.1, 0.15) is 37.9 Å². The second-order valence-corrected chi connectivity index (χ2v) is 8.87. The number of aryl methyl sites for hydroxylation is 2. The number of urea groups is 1. The van der Waals surface area contributed by atoms with Gasteiger partial charge in [0.25, 0.3) is 0 Å². The lowest BCUT2D eigenvalue weighted by Gasteiger charge is -2.26. The minimum Gasteiger partial charge on any atom is -0.481 e. The Labute approximate surface area is 161 Å². The number of benzene rings is 1. The highest BCUT2D eigenvalue weighted by molar-refractivity contribution is 8.01. The van der Waals surface area contributed by atoms with Crippen LogP contribution in [-0.4, -0.2) is 27.6 Å². The van der Waals surface area contributed by atoms with Crippen LogP contribution in [0.15, 0.2) is 32.8 Å². The number of aromatic nitrogens is 1. The summed E-state index contributed by atoms with van der Waals surface area (Å²) in [6.45, 7) is 7.51. The maximum absolute atomic E-state index is 12.2. The van der Waals surface area contributed by atoms with Crippen molar-refractivity contribution in [3.63, 3.8) is 0 Å². The molecule has 0 aliphatic carbocycles. The van der Waals surface area contributed by atoms with Gasteiger partial charge < -0.3 is 15.7 Å². The number of hydrogen-bond donors (Lipinski definition) is 3. The van der Waals surface area contributed by atoms with Gasteiger partial charge in [0, 0.05) is 33.6 Å². The van der Waals surface area contributed by atoms with E-state index in [1.54, 1.807) is 36.9 Å². The molecule has 0 aliphatic heterocycles. The molecule has 26 heavy (non-hydrogen) atoms. The molecule has 1 aromatic heterocycles. The monoisotopic (exact) mass is 393 g/mol. The van der Waals surface area contributed by atoms with Gasteiger partial charge in [-0.05, 0) is 57.9 Å². The number of hydrogen-bond acceptors (Lipinski definition) is 5. The Balaban J connectivity index is 1.96. The van der Waals surface area contributed by atoms with E-state index in [0.29, 0.717) is 6.42 Å². The minimum atomic E-state index is -0.875. The summed E-state index contributed by atoms with van der Waals surface area (Å²) in [5, 5.41) is 16.4. The predicted octanol–water partition coefficient (Wildman–Crippen LogP) is 4.68. The number of thiazole rings is 1. The van der Waals surface area contributed by atoms with Crippen molar-refractivity contribution in [1.29, 1.82) is 0 Å². The number of carbonyl (C=O) groups excluding carboxylic acids is 1. The van der Waals surface area contributed by atoms with E-state index in [2.05, 4.69) is 15.6 Å². The molecule has 1 heterocycles. The normalized spacial score (nSPS) is 11.2. The summed E-state index contributed by atoms with van der Waals surface area (Å²) in [6, 6.07) is 5.47. The highest BCUT2D eigenvalue weighted by Gasteiger charge is 2.21. The maximum atomic E-state index is 12.2. The Morgan fingerprint density at radius 1 is 1.31 bits per heavy atom. The van der Waals surface area contributed by atoms with Gasteiger partial charge >= 0.3 is 12.0 Å². The van der Waals surface area contributed by atoms with Crippen molar-refractivity contribution in [1.82, 2.24) is 10.3 Å². The molecule has 0 radical (unpaired) electrons. The average Bonchev–Trinajstić information content (AvgIpc) is 2.93. The fourth-order valence-corrected chi connectivity index (χ4v) is 4.17. The van der Waals surface area contributed by atoms with Crippen LogP contribution in [0.4, 0.5) is 10.5 Å². The fraction of sp³-hybridized carbons (Fsp3) is 0.389. The number of amides is 2. The van der Waals surface area contributed by atoms with Crippen LogP contribution in [0.3, 0.4) is 0 Å². The lowest BCUT2D eigenvalue weighted by atomic mass is 9.99. The molecular weight excluding hydrogens is 370 g/mol. The zero-order valence-corrected chi connectivity index (χ0v) is 16.9. The van der Waals surface area contributed by atoms with E-state index in [1.807, 2.05) is 37.4 Å². The van der Waals surface area contributed by atoms with Crippen LogP contribution in [0.2, 0.25) is 0 Å². The topological polar surface area (TPSA) is 91.3 Å². The zero-order chi connectivity index (χ0) is 19.3. The van der Waals surface area contributed by atoms with E-state index in [9.17, 15) is 9.59 Å². The van der Waals surface area contributed by atoms with Gasteiger partial charge in [-0.3, -0.25) is 4.79 Å². The molecule has 8 heteroatoms. The van der Waals surface area contributed by atoms with E-state index < -0.39 is 11.5 Å². The fourth-order valence-electron chi connectivity index (χ4n) is 2.26. The molecule has 2 amide bonds. The number of anilines is 1. The van der Waals surface area contributed by atoms with E-state index in [1.165, 1.54) is 0 Å². The quantitative estimate of drug-likeness (QED) is 0.635. The molecule has 0 unspecified atom stereocenters. The molecule has 2 aromatic rings. The first-order valence-electron chi connectivity index (χ1n) is 8.16. The lowest BCUT2D eigenvalue weighted by molar-refractivity contribution is -0.137. The van der Waals surface area contributed by atoms with Crippen molar-refractivity contribution in [3.05, 3.63) is 34.8 Å². The number of rotatable bonds is 7. The molecule has 0 bridgehead atoms. The van der Waals surface area contributed by atoms with E-state index >= 15 is 0 Å². The van der Waals surface area contributed by atoms with Gasteiger partial charge in [0.05, 0.1) is 0 Å². The van der Waals surface area contributed by atoms with Crippen molar-refractivity contribution in [3.8, 4) is 0 Å². The SMILES string of the molecule is Cc1csc(Sc2ccc(NC(=O)NC(C)(C)CCC(=O)O)c(C)c2)n1. The first-order valence-corrected chi connectivity index (χ1v) is 9.86. The number of carbonyl (C=O) groups is 2. The Hall–Kier alpha value is -2.06. The van der Waals surface area contributed by atoms with Crippen LogP contribution < -0.4 is 10.6 Å². The third-order valence-electron chi connectivity index (χ3n) is 3.66. The molecule has 0 atom stereocenters. The van der Waals surface area contributed by atoms with Gasteiger partial charge in [0.1, 0.15) is 0 Å². The summed E-state index contributed by atoms with van der Waals surface area (Å²) in [5.41, 5.74) is 2.07. The number of carboxylic acids is 1. The Morgan fingerprint density at radius 2 is 2.04 bits per heavy atom. The number of nitrogens with one attached hydrogen (secondary N) is 2. The molecule has 0 aliphatic rings. The molecule has 6 nitrogen and oxygen atoms in total. The van der Waals surface area contributed by atoms with Gasteiger partial charge in [-0.25, -0.2) is 9.78 Å². The Morgan fingerprint density at radius 3 is 2.62 bits per heavy atom. The van der Waals surface area contributed by atoms with Crippen molar-refractivity contribution in [2.24, 2.45) is 0 Å². The average molecular weight is 394 g/mol. The molecule has 0 saturated heterocycles. The first kappa shape index (κ1) is 20.3. The molecule has 0 saturated carbocycles. The Kier molecular flexibility index (Phi) is 6.66. The number of aliphatic carboxylic acids is 1. The molecule has 0 spiro atoms. The first-order chi connectivity index (χ1) is 12.1. The van der Waals surface area contributed by atoms with Crippen molar-refractivity contribution in [2.45, 2.75) is 55.3 Å². The summed E-state index contributed by atoms with van der Waals surface area (Å²) < 4.78 is 0.987. The van der Waals surface area contributed by atoms with Crippen molar-refractivity contribution >= 4 is 40.8 Å². The van der Waals surface area contributed by atoms with E-state index in [0.717, 1.165) is 26.2 Å². The Bertz CT molecular complexity index is 803. The number of carboxylic acid groups (broad SMARTS) is 1. The smallest absolute Gasteiger partial charge is 0.319 e. The largest absolute Gasteiger partial charge is 0.481 e. The van der Waals surface area contributed by atoms with Gasteiger partial charge in [-0.2, -0.15) is 0 Å². The summed E-state index contributed by atoms with van der Waals surface area (Å²) >= 11 is 3.20. The third-order valence-corrected chi connectivity index (χ3v) is 5.71. The van der Waals surface area contributed by atoms with Gasteiger partial charge in [0.2, 0.25) is 0 Å².